The fourth-order valence-corrected chi connectivity index (χ4v) is 3.59. The van der Waals surface area contributed by atoms with Gasteiger partial charge in [-0.2, -0.15) is 0 Å². The Morgan fingerprint density at radius 1 is 1.03 bits per heavy atom. The highest BCUT2D eigenvalue weighted by Crippen LogP contribution is 2.37. The minimum atomic E-state index is -0.207. The first-order chi connectivity index (χ1) is 14.4. The Morgan fingerprint density at radius 2 is 1.67 bits per heavy atom. The van der Waals surface area contributed by atoms with Crippen molar-refractivity contribution in [2.45, 2.75) is 13.8 Å². The number of aromatic hydroxyl groups is 1. The number of phenols is 1. The summed E-state index contributed by atoms with van der Waals surface area (Å²) in [5.74, 6) is 0.304. The summed E-state index contributed by atoms with van der Waals surface area (Å²) in [5, 5.41) is 11.9. The molecule has 30 heavy (non-hydrogen) atoms. The Labute approximate surface area is 177 Å². The minimum Gasteiger partial charge on any atom is -0.502 e. The van der Waals surface area contributed by atoms with Gasteiger partial charge < -0.3 is 19.5 Å². The van der Waals surface area contributed by atoms with Gasteiger partial charge in [-0.05, 0) is 49.2 Å². The van der Waals surface area contributed by atoms with Crippen molar-refractivity contribution in [2.75, 3.05) is 45.3 Å². The molecular formula is C23H29N3O4. The number of ether oxygens (including phenoxy) is 2. The molecule has 2 aromatic carbocycles. The van der Waals surface area contributed by atoms with Gasteiger partial charge in [0.2, 0.25) is 5.75 Å². The predicted octanol–water partition coefficient (Wildman–Crippen LogP) is 2.89. The van der Waals surface area contributed by atoms with Crippen LogP contribution in [0.25, 0.3) is 6.08 Å². The van der Waals surface area contributed by atoms with Crippen molar-refractivity contribution in [3.8, 4) is 17.2 Å². The van der Waals surface area contributed by atoms with Gasteiger partial charge in [-0.15, -0.1) is 0 Å². The number of carbonyl (C=O) groups excluding carboxylic acids is 1. The molecule has 0 bridgehead atoms. The molecule has 2 aromatic rings. The van der Waals surface area contributed by atoms with E-state index in [1.165, 1.54) is 37.1 Å². The van der Waals surface area contributed by atoms with Gasteiger partial charge in [0.05, 0.1) is 14.2 Å². The number of phenolic OH excluding ortho intramolecular Hbond substituents is 1. The highest BCUT2D eigenvalue weighted by atomic mass is 16.5. The fraction of sp³-hybridized carbons (Fsp3) is 0.348. The van der Waals surface area contributed by atoms with Crippen molar-refractivity contribution in [3.63, 3.8) is 0 Å². The lowest BCUT2D eigenvalue weighted by molar-refractivity contribution is -0.121. The van der Waals surface area contributed by atoms with Crippen LogP contribution < -0.4 is 19.8 Å². The Hall–Kier alpha value is -3.19. The molecule has 1 fully saturated rings. The monoisotopic (exact) mass is 411 g/mol. The molecule has 0 aliphatic carbocycles. The average Bonchev–Trinajstić information content (AvgIpc) is 2.73. The number of benzene rings is 2. The second-order valence-corrected chi connectivity index (χ2v) is 7.35. The molecule has 0 spiro atoms. The van der Waals surface area contributed by atoms with Crippen LogP contribution in [-0.2, 0) is 4.79 Å². The van der Waals surface area contributed by atoms with Gasteiger partial charge in [0.25, 0.3) is 5.91 Å². The Morgan fingerprint density at radius 3 is 2.23 bits per heavy atom. The number of piperazine rings is 1. The Kier molecular flexibility index (Phi) is 6.84. The maximum atomic E-state index is 12.3. The molecular weight excluding hydrogens is 382 g/mol. The molecule has 3 rings (SSSR count). The van der Waals surface area contributed by atoms with Crippen LogP contribution >= 0.6 is 0 Å². The highest BCUT2D eigenvalue weighted by molar-refractivity contribution is 5.91. The summed E-state index contributed by atoms with van der Waals surface area (Å²) in [6.45, 7) is 7.42. The number of rotatable bonds is 6. The van der Waals surface area contributed by atoms with Gasteiger partial charge in [0.15, 0.2) is 11.5 Å². The third-order valence-corrected chi connectivity index (χ3v) is 5.17. The number of hydrogen-bond acceptors (Lipinski definition) is 6. The second kappa shape index (κ2) is 9.54. The van der Waals surface area contributed by atoms with Gasteiger partial charge in [0.1, 0.15) is 0 Å². The quantitative estimate of drug-likeness (QED) is 0.712. The van der Waals surface area contributed by atoms with E-state index in [9.17, 15) is 9.90 Å². The maximum absolute atomic E-state index is 12.3. The number of aryl methyl sites for hydroxylation is 2. The molecule has 160 valence electrons. The maximum Gasteiger partial charge on any atom is 0.258 e. The molecule has 0 unspecified atom stereocenters. The summed E-state index contributed by atoms with van der Waals surface area (Å²) in [6.07, 6.45) is 3.12. The number of methoxy groups -OCH3 is 2. The minimum absolute atomic E-state index is 0.0664. The first-order valence-corrected chi connectivity index (χ1v) is 9.92. The number of nitrogens with zero attached hydrogens (tertiary/aromatic N) is 2. The zero-order valence-electron chi connectivity index (χ0n) is 17.9. The molecule has 1 heterocycles. The number of hydrazine groups is 1. The first kappa shape index (κ1) is 21.5. The molecule has 2 N–H and O–H groups in total. The van der Waals surface area contributed by atoms with Gasteiger partial charge >= 0.3 is 0 Å². The highest BCUT2D eigenvalue weighted by Gasteiger charge is 2.19. The van der Waals surface area contributed by atoms with E-state index < -0.39 is 0 Å². The molecule has 0 atom stereocenters. The van der Waals surface area contributed by atoms with E-state index in [-0.39, 0.29) is 23.2 Å². The van der Waals surface area contributed by atoms with Crippen LogP contribution in [0.5, 0.6) is 17.2 Å². The fourth-order valence-electron chi connectivity index (χ4n) is 3.59. The second-order valence-electron chi connectivity index (χ2n) is 7.35. The van der Waals surface area contributed by atoms with Gasteiger partial charge in [0, 0.05) is 37.9 Å². The van der Waals surface area contributed by atoms with Crippen molar-refractivity contribution >= 4 is 17.7 Å². The van der Waals surface area contributed by atoms with E-state index in [2.05, 4.69) is 42.4 Å². The number of nitrogens with one attached hydrogen (secondary N) is 1. The van der Waals surface area contributed by atoms with Crippen molar-refractivity contribution in [3.05, 3.63) is 53.1 Å². The van der Waals surface area contributed by atoms with Gasteiger partial charge in [-0.1, -0.05) is 17.7 Å². The van der Waals surface area contributed by atoms with Crippen LogP contribution in [0.3, 0.4) is 0 Å². The summed E-state index contributed by atoms with van der Waals surface area (Å²) in [5.41, 5.74) is 7.40. The number of carbonyl (C=O) groups is 1. The summed E-state index contributed by atoms with van der Waals surface area (Å²) in [6, 6.07) is 9.78. The molecule has 7 nitrogen and oxygen atoms in total. The third kappa shape index (κ3) is 5.04. The van der Waals surface area contributed by atoms with Gasteiger partial charge in [-0.3, -0.25) is 10.2 Å². The standard InChI is InChI=1S/C23H29N3O4/c1-16-5-7-19(17(2)13-16)25-9-11-26(12-10-25)24-22(27)8-6-18-14-20(29-3)23(28)21(15-18)30-4/h5-8,13-15,28H,9-12H2,1-4H3,(H,24,27)/b8-6+. The van der Waals surface area contributed by atoms with Crippen LogP contribution in [0.2, 0.25) is 0 Å². The summed E-state index contributed by atoms with van der Waals surface area (Å²) in [4.78, 5) is 14.7. The molecule has 1 saturated heterocycles. The zero-order chi connectivity index (χ0) is 21.7. The largest absolute Gasteiger partial charge is 0.502 e. The van der Waals surface area contributed by atoms with E-state index >= 15 is 0 Å². The lowest BCUT2D eigenvalue weighted by Gasteiger charge is -2.36. The normalized spacial score (nSPS) is 14.7. The molecule has 1 aliphatic rings. The molecule has 0 aromatic heterocycles. The molecule has 7 heteroatoms. The lowest BCUT2D eigenvalue weighted by atomic mass is 10.1. The van der Waals surface area contributed by atoms with Crippen LogP contribution in [0.15, 0.2) is 36.4 Å². The summed E-state index contributed by atoms with van der Waals surface area (Å²) >= 11 is 0. The van der Waals surface area contributed by atoms with Crippen LogP contribution in [0, 0.1) is 13.8 Å². The van der Waals surface area contributed by atoms with E-state index in [0.717, 1.165) is 26.2 Å². The summed E-state index contributed by atoms with van der Waals surface area (Å²) < 4.78 is 10.3. The molecule has 1 amide bonds. The van der Waals surface area contributed by atoms with Crippen molar-refractivity contribution in [1.82, 2.24) is 10.4 Å². The number of anilines is 1. The van der Waals surface area contributed by atoms with Crippen LogP contribution in [0.1, 0.15) is 16.7 Å². The Balaban J connectivity index is 1.56. The molecule has 1 aliphatic heterocycles. The number of hydrogen-bond donors (Lipinski definition) is 2. The van der Waals surface area contributed by atoms with Crippen molar-refractivity contribution in [1.29, 1.82) is 0 Å². The predicted molar refractivity (Wildman–Crippen MR) is 118 cm³/mol. The average molecular weight is 412 g/mol. The summed E-state index contributed by atoms with van der Waals surface area (Å²) in [7, 11) is 2.93. The van der Waals surface area contributed by atoms with E-state index in [4.69, 9.17) is 9.47 Å². The van der Waals surface area contributed by atoms with Gasteiger partial charge in [-0.25, -0.2) is 5.01 Å². The van der Waals surface area contributed by atoms with E-state index in [1.54, 1.807) is 18.2 Å². The topological polar surface area (TPSA) is 74.3 Å². The first-order valence-electron chi connectivity index (χ1n) is 9.92. The van der Waals surface area contributed by atoms with Crippen molar-refractivity contribution in [2.24, 2.45) is 0 Å². The Bertz CT molecular complexity index is 909. The van der Waals surface area contributed by atoms with Crippen molar-refractivity contribution < 1.29 is 19.4 Å². The smallest absolute Gasteiger partial charge is 0.258 e. The van der Waals surface area contributed by atoms with Crippen LogP contribution in [0.4, 0.5) is 5.69 Å². The van der Waals surface area contributed by atoms with E-state index in [1.807, 2.05) is 5.01 Å². The SMILES string of the molecule is COc1cc(/C=C/C(=O)NN2CCN(c3ccc(C)cc3C)CC2)cc(OC)c1O. The number of amides is 1. The van der Waals surface area contributed by atoms with Crippen LogP contribution in [-0.4, -0.2) is 56.4 Å². The van der Waals surface area contributed by atoms with E-state index in [0.29, 0.717) is 5.56 Å². The molecule has 0 saturated carbocycles. The zero-order valence-corrected chi connectivity index (χ0v) is 17.9. The third-order valence-electron chi connectivity index (χ3n) is 5.17. The lowest BCUT2D eigenvalue weighted by Crippen LogP contribution is -2.53. The molecule has 0 radical (unpaired) electrons.